The normalized spacial score (nSPS) is 24.3. The predicted molar refractivity (Wildman–Crippen MR) is 106 cm³/mol. The highest BCUT2D eigenvalue weighted by Crippen LogP contribution is 2.47. The molecule has 2 saturated heterocycles. The van der Waals surface area contributed by atoms with Crippen LogP contribution in [0.4, 0.5) is 5.69 Å². The third-order valence-corrected chi connectivity index (χ3v) is 6.57. The summed E-state index contributed by atoms with van der Waals surface area (Å²) in [4.78, 5) is 40.9. The highest BCUT2D eigenvalue weighted by atomic mass is 31.0. The molecule has 3 amide bonds. The number of nitrogens with zero attached hydrogens (tertiary/aromatic N) is 2. The zero-order valence-electron chi connectivity index (χ0n) is 15.0. The Bertz CT molecular complexity index is 1030. The van der Waals surface area contributed by atoms with E-state index in [9.17, 15) is 14.4 Å². The van der Waals surface area contributed by atoms with Gasteiger partial charge in [-0.1, -0.05) is 18.2 Å². The Kier molecular flexibility index (Phi) is 3.49. The van der Waals surface area contributed by atoms with Crippen LogP contribution >= 0.6 is 9.24 Å². The lowest BCUT2D eigenvalue weighted by atomic mass is 9.86. The van der Waals surface area contributed by atoms with Gasteiger partial charge in [0.15, 0.2) is 0 Å². The summed E-state index contributed by atoms with van der Waals surface area (Å²) in [6.45, 7) is 1.89. The van der Waals surface area contributed by atoms with Gasteiger partial charge in [-0.15, -0.1) is 9.24 Å². The molecule has 0 aliphatic carbocycles. The molecule has 5 rings (SSSR count). The van der Waals surface area contributed by atoms with Crippen LogP contribution in [0.3, 0.4) is 0 Å². The summed E-state index contributed by atoms with van der Waals surface area (Å²) in [6.07, 6.45) is 0.602. The number of hydrogen-bond acceptors (Lipinski definition) is 4. The lowest BCUT2D eigenvalue weighted by molar-refractivity contribution is -0.134. The fourth-order valence-corrected chi connectivity index (χ4v) is 5.64. The molecule has 3 heterocycles. The van der Waals surface area contributed by atoms with Gasteiger partial charge in [-0.05, 0) is 36.6 Å². The molecule has 0 aromatic heterocycles. The third kappa shape index (κ3) is 2.30. The summed E-state index contributed by atoms with van der Waals surface area (Å²) >= 11 is 0. The maximum atomic E-state index is 13.1. The second-order valence-electron chi connectivity index (χ2n) is 7.83. The summed E-state index contributed by atoms with van der Waals surface area (Å²) in [7, 11) is 5.08. The van der Waals surface area contributed by atoms with Gasteiger partial charge in [-0.25, -0.2) is 0 Å². The molecule has 3 aliphatic rings. The average molecular weight is 381 g/mol. The molecule has 7 heteroatoms. The molecular formula is C20H20N3O3P. The molecule has 2 atom stereocenters. The van der Waals surface area contributed by atoms with Crippen molar-refractivity contribution < 1.29 is 14.4 Å². The van der Waals surface area contributed by atoms with Crippen molar-refractivity contribution in [2.75, 3.05) is 25.0 Å². The molecule has 0 radical (unpaired) electrons. The smallest absolute Gasteiger partial charge is 0.259 e. The Balaban J connectivity index is 1.65. The molecule has 3 aliphatic heterocycles. The summed E-state index contributed by atoms with van der Waals surface area (Å²) in [5, 5.41) is 4.33. The number of amides is 3. The van der Waals surface area contributed by atoms with Crippen LogP contribution in [0, 0.1) is 0 Å². The van der Waals surface area contributed by atoms with Gasteiger partial charge in [0, 0.05) is 35.6 Å². The Labute approximate surface area is 159 Å². The molecule has 138 valence electrons. The molecule has 6 nitrogen and oxygen atoms in total. The number of benzene rings is 2. The Morgan fingerprint density at radius 2 is 1.93 bits per heavy atom. The Hall–Kier alpha value is -2.30. The zero-order valence-corrected chi connectivity index (χ0v) is 16.1. The van der Waals surface area contributed by atoms with Crippen LogP contribution in [0.1, 0.15) is 28.8 Å². The van der Waals surface area contributed by atoms with E-state index in [2.05, 4.69) is 32.6 Å². The fourth-order valence-electron chi connectivity index (χ4n) is 4.76. The SMILES string of the molecule is CN1CC(P)(c2ccc3c4c(cccc24)N(C2CCC(=O)NC2=O)C3=O)C1. The number of piperidine rings is 1. The second kappa shape index (κ2) is 5.60. The first-order valence-electron chi connectivity index (χ1n) is 9.10. The third-order valence-electron chi connectivity index (χ3n) is 5.89. The molecule has 2 fully saturated rings. The van der Waals surface area contributed by atoms with Gasteiger partial charge in [-0.3, -0.25) is 24.6 Å². The summed E-state index contributed by atoms with van der Waals surface area (Å²) in [5.74, 6) is -0.835. The summed E-state index contributed by atoms with van der Waals surface area (Å²) in [6, 6.07) is 9.19. The molecule has 1 N–H and O–H groups in total. The van der Waals surface area contributed by atoms with Gasteiger partial charge in [0.1, 0.15) is 6.04 Å². The van der Waals surface area contributed by atoms with Gasteiger partial charge in [0.05, 0.1) is 5.69 Å². The van der Waals surface area contributed by atoms with E-state index in [4.69, 9.17) is 0 Å². The van der Waals surface area contributed by atoms with Gasteiger partial charge >= 0.3 is 0 Å². The second-order valence-corrected chi connectivity index (χ2v) is 8.94. The number of likely N-dealkylation sites (tertiary alicyclic amines) is 1. The first-order valence-corrected chi connectivity index (χ1v) is 9.68. The number of rotatable bonds is 2. The lowest BCUT2D eigenvalue weighted by Gasteiger charge is -2.47. The quantitative estimate of drug-likeness (QED) is 0.634. The van der Waals surface area contributed by atoms with Crippen molar-refractivity contribution in [3.05, 3.63) is 41.5 Å². The van der Waals surface area contributed by atoms with E-state index < -0.39 is 11.9 Å². The Morgan fingerprint density at radius 3 is 2.63 bits per heavy atom. The molecule has 0 spiro atoms. The maximum absolute atomic E-state index is 13.1. The predicted octanol–water partition coefficient (Wildman–Crippen LogP) is 1.62. The van der Waals surface area contributed by atoms with E-state index in [0.717, 1.165) is 29.5 Å². The van der Waals surface area contributed by atoms with E-state index in [-0.39, 0.29) is 23.4 Å². The van der Waals surface area contributed by atoms with Crippen molar-refractivity contribution in [2.45, 2.75) is 24.0 Å². The largest absolute Gasteiger partial charge is 0.304 e. The summed E-state index contributed by atoms with van der Waals surface area (Å²) in [5.41, 5.74) is 2.62. The minimum atomic E-state index is -0.642. The molecule has 0 saturated carbocycles. The van der Waals surface area contributed by atoms with Crippen molar-refractivity contribution in [2.24, 2.45) is 0 Å². The van der Waals surface area contributed by atoms with Crippen LogP contribution in [0.15, 0.2) is 30.3 Å². The van der Waals surface area contributed by atoms with Crippen LogP contribution in [0.2, 0.25) is 0 Å². The van der Waals surface area contributed by atoms with Crippen molar-refractivity contribution in [1.82, 2.24) is 10.2 Å². The average Bonchev–Trinajstić information content (AvgIpc) is 2.88. The van der Waals surface area contributed by atoms with Crippen LogP contribution in [-0.2, 0) is 14.7 Å². The molecule has 2 aromatic rings. The zero-order chi connectivity index (χ0) is 18.9. The maximum Gasteiger partial charge on any atom is 0.259 e. The molecule has 2 unspecified atom stereocenters. The highest BCUT2D eigenvalue weighted by molar-refractivity contribution is 7.18. The topological polar surface area (TPSA) is 69.7 Å². The molecule has 2 aromatic carbocycles. The van der Waals surface area contributed by atoms with E-state index in [1.54, 1.807) is 4.90 Å². The lowest BCUT2D eigenvalue weighted by Crippen LogP contribution is -2.53. The van der Waals surface area contributed by atoms with E-state index in [0.29, 0.717) is 12.0 Å². The van der Waals surface area contributed by atoms with Crippen LogP contribution < -0.4 is 10.2 Å². The number of carbonyl (C=O) groups excluding carboxylic acids is 3. The van der Waals surface area contributed by atoms with Crippen molar-refractivity contribution in [3.8, 4) is 0 Å². The van der Waals surface area contributed by atoms with Crippen molar-refractivity contribution >= 4 is 43.4 Å². The van der Waals surface area contributed by atoms with Crippen LogP contribution in [0.25, 0.3) is 10.8 Å². The van der Waals surface area contributed by atoms with Crippen molar-refractivity contribution in [1.29, 1.82) is 0 Å². The van der Waals surface area contributed by atoms with E-state index in [1.165, 1.54) is 5.56 Å². The minimum absolute atomic E-state index is 0.0169. The first-order chi connectivity index (χ1) is 12.9. The molecule has 0 bridgehead atoms. The summed E-state index contributed by atoms with van der Waals surface area (Å²) < 4.78 is 0. The fraction of sp³-hybridized carbons (Fsp3) is 0.350. The number of likely N-dealkylation sites (N-methyl/N-ethyl adjacent to an activating group) is 1. The Morgan fingerprint density at radius 1 is 1.15 bits per heavy atom. The minimum Gasteiger partial charge on any atom is -0.304 e. The van der Waals surface area contributed by atoms with Crippen LogP contribution in [0.5, 0.6) is 0 Å². The van der Waals surface area contributed by atoms with Gasteiger partial charge in [0.25, 0.3) is 5.91 Å². The van der Waals surface area contributed by atoms with E-state index in [1.807, 2.05) is 24.3 Å². The van der Waals surface area contributed by atoms with Gasteiger partial charge < -0.3 is 4.90 Å². The van der Waals surface area contributed by atoms with Gasteiger partial charge in [-0.2, -0.15) is 0 Å². The highest BCUT2D eigenvalue weighted by Gasteiger charge is 2.43. The number of imide groups is 1. The van der Waals surface area contributed by atoms with E-state index >= 15 is 0 Å². The molecule has 27 heavy (non-hydrogen) atoms. The van der Waals surface area contributed by atoms with Crippen LogP contribution in [-0.4, -0.2) is 48.8 Å². The number of anilines is 1. The van der Waals surface area contributed by atoms with Crippen molar-refractivity contribution in [3.63, 3.8) is 0 Å². The van der Waals surface area contributed by atoms with Gasteiger partial charge in [0.2, 0.25) is 11.8 Å². The monoisotopic (exact) mass is 381 g/mol. The number of hydrogen-bond donors (Lipinski definition) is 1. The first kappa shape index (κ1) is 16.8. The molecular weight excluding hydrogens is 361 g/mol. The number of carbonyl (C=O) groups is 3. The number of nitrogens with one attached hydrogen (secondary N) is 1. The standard InChI is InChI=1S/C20H20N3O3P/c1-22-9-20(27,10-22)13-6-5-12-17-11(13)3-2-4-14(17)23(19(12)26)15-7-8-16(24)21-18(15)25/h2-6,15H,7-10,27H2,1H3,(H,21,24,25).